The Hall–Kier alpha value is 0.310. The van der Waals surface area contributed by atoms with Crippen molar-refractivity contribution in [2.45, 2.75) is 57.2 Å². The first-order valence-corrected chi connectivity index (χ1v) is 6.59. The van der Waals surface area contributed by atoms with Crippen LogP contribution in [0.5, 0.6) is 0 Å². The lowest BCUT2D eigenvalue weighted by atomic mass is 9.92. The molecule has 0 spiro atoms. The molecule has 0 bridgehead atoms. The SMILES string of the molecule is CCCC(NCC)C1(C)CCCS1. The van der Waals surface area contributed by atoms with E-state index in [1.807, 2.05) is 0 Å². The smallest absolute Gasteiger partial charge is 0.0285 e. The maximum Gasteiger partial charge on any atom is 0.0285 e. The third-order valence-corrected chi connectivity index (χ3v) is 4.66. The second-order valence-corrected chi connectivity index (χ2v) is 5.79. The molecule has 78 valence electrons. The van der Waals surface area contributed by atoms with Crippen LogP contribution in [-0.4, -0.2) is 23.1 Å². The van der Waals surface area contributed by atoms with Crippen LogP contribution in [0.2, 0.25) is 0 Å². The highest BCUT2D eigenvalue weighted by atomic mass is 32.2. The van der Waals surface area contributed by atoms with Crippen LogP contribution in [-0.2, 0) is 0 Å². The van der Waals surface area contributed by atoms with Crippen LogP contribution in [0.4, 0.5) is 0 Å². The second kappa shape index (κ2) is 5.26. The fourth-order valence-corrected chi connectivity index (χ4v) is 3.68. The van der Waals surface area contributed by atoms with E-state index >= 15 is 0 Å². The first-order valence-electron chi connectivity index (χ1n) is 5.60. The zero-order chi connectivity index (χ0) is 9.73. The van der Waals surface area contributed by atoms with Crippen molar-refractivity contribution in [3.63, 3.8) is 0 Å². The van der Waals surface area contributed by atoms with Crippen molar-refractivity contribution in [3.05, 3.63) is 0 Å². The van der Waals surface area contributed by atoms with E-state index in [0.717, 1.165) is 12.6 Å². The third-order valence-electron chi connectivity index (χ3n) is 3.01. The van der Waals surface area contributed by atoms with Crippen LogP contribution in [0.15, 0.2) is 0 Å². The molecule has 1 nitrogen and oxygen atoms in total. The van der Waals surface area contributed by atoms with Crippen LogP contribution in [0.1, 0.15) is 46.5 Å². The topological polar surface area (TPSA) is 12.0 Å². The largest absolute Gasteiger partial charge is 0.313 e. The first kappa shape index (κ1) is 11.4. The van der Waals surface area contributed by atoms with Crippen molar-refractivity contribution in [2.24, 2.45) is 0 Å². The second-order valence-electron chi connectivity index (χ2n) is 4.16. The lowest BCUT2D eigenvalue weighted by Crippen LogP contribution is -2.45. The summed E-state index contributed by atoms with van der Waals surface area (Å²) in [5.74, 6) is 1.36. The quantitative estimate of drug-likeness (QED) is 0.734. The molecule has 0 radical (unpaired) electrons. The van der Waals surface area contributed by atoms with Gasteiger partial charge in [0, 0.05) is 10.8 Å². The lowest BCUT2D eigenvalue weighted by Gasteiger charge is -2.33. The molecule has 0 aromatic carbocycles. The molecule has 0 aromatic heterocycles. The summed E-state index contributed by atoms with van der Waals surface area (Å²) in [7, 11) is 0. The predicted octanol–water partition coefficient (Wildman–Crippen LogP) is 3.05. The summed E-state index contributed by atoms with van der Waals surface area (Å²) < 4.78 is 0.520. The van der Waals surface area contributed by atoms with Crippen LogP contribution in [0, 0.1) is 0 Å². The zero-order valence-corrected chi connectivity index (χ0v) is 10.0. The molecule has 2 heteroatoms. The fraction of sp³-hybridized carbons (Fsp3) is 1.00. The van der Waals surface area contributed by atoms with Gasteiger partial charge in [0.15, 0.2) is 0 Å². The van der Waals surface area contributed by atoms with Gasteiger partial charge >= 0.3 is 0 Å². The van der Waals surface area contributed by atoms with Crippen LogP contribution >= 0.6 is 11.8 Å². The predicted molar refractivity (Wildman–Crippen MR) is 62.5 cm³/mol. The van der Waals surface area contributed by atoms with Gasteiger partial charge in [0.2, 0.25) is 0 Å². The van der Waals surface area contributed by atoms with Crippen molar-refractivity contribution >= 4 is 11.8 Å². The van der Waals surface area contributed by atoms with Gasteiger partial charge in [0.1, 0.15) is 0 Å². The van der Waals surface area contributed by atoms with Crippen molar-refractivity contribution in [1.29, 1.82) is 0 Å². The standard InChI is InChI=1S/C11H23NS/c1-4-7-10(12-5-2)11(3)8-6-9-13-11/h10,12H,4-9H2,1-3H3. The summed E-state index contributed by atoms with van der Waals surface area (Å²) >= 11 is 2.17. The van der Waals surface area contributed by atoms with Gasteiger partial charge in [0.05, 0.1) is 0 Å². The van der Waals surface area contributed by atoms with E-state index in [2.05, 4.69) is 37.8 Å². The Bertz CT molecular complexity index is 135. The molecule has 1 heterocycles. The van der Waals surface area contributed by atoms with Crippen LogP contribution in [0.3, 0.4) is 0 Å². The number of thioether (sulfide) groups is 1. The number of hydrogen-bond donors (Lipinski definition) is 1. The molecule has 13 heavy (non-hydrogen) atoms. The molecule has 2 atom stereocenters. The highest BCUT2D eigenvalue weighted by Crippen LogP contribution is 2.41. The molecule has 1 N–H and O–H groups in total. The van der Waals surface area contributed by atoms with Crippen molar-refractivity contribution in [2.75, 3.05) is 12.3 Å². The molecule has 1 rings (SSSR count). The Morgan fingerprint density at radius 1 is 1.46 bits per heavy atom. The lowest BCUT2D eigenvalue weighted by molar-refractivity contribution is 0.384. The molecule has 1 saturated heterocycles. The molecule has 1 fully saturated rings. The van der Waals surface area contributed by atoms with Crippen LogP contribution < -0.4 is 5.32 Å². The molecular formula is C11H23NS. The van der Waals surface area contributed by atoms with Crippen molar-refractivity contribution in [3.8, 4) is 0 Å². The molecule has 1 aliphatic rings. The van der Waals surface area contributed by atoms with E-state index in [4.69, 9.17) is 0 Å². The molecule has 2 unspecified atom stereocenters. The Labute approximate surface area is 87.1 Å². The molecular weight excluding hydrogens is 178 g/mol. The first-order chi connectivity index (χ1) is 6.23. The minimum Gasteiger partial charge on any atom is -0.313 e. The Balaban J connectivity index is 2.50. The van der Waals surface area contributed by atoms with E-state index in [1.54, 1.807) is 0 Å². The van der Waals surface area contributed by atoms with Crippen molar-refractivity contribution < 1.29 is 0 Å². The third kappa shape index (κ3) is 2.88. The van der Waals surface area contributed by atoms with Gasteiger partial charge < -0.3 is 5.32 Å². The Morgan fingerprint density at radius 3 is 2.69 bits per heavy atom. The van der Waals surface area contributed by atoms with Gasteiger partial charge in [-0.2, -0.15) is 11.8 Å². The number of rotatable bonds is 5. The summed E-state index contributed by atoms with van der Waals surface area (Å²) in [5.41, 5.74) is 0. The summed E-state index contributed by atoms with van der Waals surface area (Å²) in [6.07, 6.45) is 5.44. The highest BCUT2D eigenvalue weighted by molar-refractivity contribution is 8.00. The molecule has 1 aliphatic heterocycles. The van der Waals surface area contributed by atoms with Crippen molar-refractivity contribution in [1.82, 2.24) is 5.32 Å². The van der Waals surface area contributed by atoms with Crippen LogP contribution in [0.25, 0.3) is 0 Å². The monoisotopic (exact) mass is 201 g/mol. The van der Waals surface area contributed by atoms with Gasteiger partial charge in [-0.25, -0.2) is 0 Å². The number of nitrogens with one attached hydrogen (secondary N) is 1. The van der Waals surface area contributed by atoms with E-state index in [0.29, 0.717) is 4.75 Å². The van der Waals surface area contributed by atoms with Gasteiger partial charge in [0.25, 0.3) is 0 Å². The molecule has 0 saturated carbocycles. The van der Waals surface area contributed by atoms with E-state index in [-0.39, 0.29) is 0 Å². The fourth-order valence-electron chi connectivity index (χ4n) is 2.23. The van der Waals surface area contributed by atoms with Gasteiger partial charge in [-0.15, -0.1) is 0 Å². The Morgan fingerprint density at radius 2 is 2.23 bits per heavy atom. The molecule has 0 aliphatic carbocycles. The number of hydrogen-bond acceptors (Lipinski definition) is 2. The normalized spacial score (nSPS) is 30.7. The average Bonchev–Trinajstić information content (AvgIpc) is 2.53. The van der Waals surface area contributed by atoms with E-state index in [1.165, 1.54) is 31.4 Å². The van der Waals surface area contributed by atoms with E-state index < -0.39 is 0 Å². The maximum absolute atomic E-state index is 3.65. The zero-order valence-electron chi connectivity index (χ0n) is 9.23. The summed E-state index contributed by atoms with van der Waals surface area (Å²) in [5, 5.41) is 3.65. The molecule has 0 amide bonds. The molecule has 0 aromatic rings. The summed E-state index contributed by atoms with van der Waals surface area (Å²) in [6.45, 7) is 8.05. The minimum absolute atomic E-state index is 0.520. The summed E-state index contributed by atoms with van der Waals surface area (Å²) in [4.78, 5) is 0. The minimum atomic E-state index is 0.520. The Kier molecular flexibility index (Phi) is 4.60. The van der Waals surface area contributed by atoms with Gasteiger partial charge in [-0.1, -0.05) is 20.3 Å². The highest BCUT2D eigenvalue weighted by Gasteiger charge is 2.36. The van der Waals surface area contributed by atoms with Gasteiger partial charge in [-0.3, -0.25) is 0 Å². The van der Waals surface area contributed by atoms with Gasteiger partial charge in [-0.05, 0) is 38.5 Å². The van der Waals surface area contributed by atoms with E-state index in [9.17, 15) is 0 Å². The maximum atomic E-state index is 3.65. The summed E-state index contributed by atoms with van der Waals surface area (Å²) in [6, 6.07) is 0.731. The average molecular weight is 201 g/mol.